The summed E-state index contributed by atoms with van der Waals surface area (Å²) in [6.45, 7) is 2.19. The van der Waals surface area contributed by atoms with Crippen LogP contribution in [0.15, 0.2) is 60.5 Å². The number of hydrogen-bond acceptors (Lipinski definition) is 5. The van der Waals surface area contributed by atoms with Gasteiger partial charge in [-0.1, -0.05) is 31.2 Å². The largest absolute Gasteiger partial charge is 0.515 e. The Morgan fingerprint density at radius 1 is 1.27 bits per heavy atom. The topological polar surface area (TPSA) is 72.3 Å². The van der Waals surface area contributed by atoms with Gasteiger partial charge in [-0.15, -0.1) is 0 Å². The molecule has 4 rings (SSSR count). The second-order valence-corrected chi connectivity index (χ2v) is 6.47. The first kappa shape index (κ1) is 16.3. The van der Waals surface area contributed by atoms with Gasteiger partial charge in [-0.05, 0) is 30.5 Å². The van der Waals surface area contributed by atoms with Crippen LogP contribution in [-0.2, 0) is 13.0 Å². The van der Waals surface area contributed by atoms with Gasteiger partial charge in [0.2, 0.25) is 0 Å². The first-order valence-electron chi connectivity index (χ1n) is 8.51. The Labute approximate surface area is 151 Å². The fraction of sp³-hybridized carbons (Fsp3) is 0.190. The summed E-state index contributed by atoms with van der Waals surface area (Å²) in [7, 11) is 0. The molecule has 0 spiro atoms. The zero-order valence-corrected chi connectivity index (χ0v) is 14.3. The number of aromatic nitrogens is 2. The van der Waals surface area contributed by atoms with E-state index in [0.29, 0.717) is 29.9 Å². The van der Waals surface area contributed by atoms with E-state index >= 15 is 0 Å². The number of nitrogens with zero attached hydrogens (tertiary/aromatic N) is 2. The fourth-order valence-electron chi connectivity index (χ4n) is 3.22. The minimum Gasteiger partial charge on any atom is -0.515 e. The molecule has 1 unspecified atom stereocenters. The van der Waals surface area contributed by atoms with Gasteiger partial charge < -0.3 is 9.84 Å². The van der Waals surface area contributed by atoms with Gasteiger partial charge in [-0.2, -0.15) is 0 Å². The van der Waals surface area contributed by atoms with Crippen LogP contribution in [0, 0.1) is 5.92 Å². The Hall–Kier alpha value is -3.21. The molecule has 1 aromatic carbocycles. The Bertz CT molecular complexity index is 1030. The maximum Gasteiger partial charge on any atom is 0.194 e. The number of carbonyl (C=O) groups excluding carboxylic acids is 1. The van der Waals surface area contributed by atoms with Crippen molar-refractivity contribution in [1.29, 1.82) is 0 Å². The van der Waals surface area contributed by atoms with Crippen LogP contribution < -0.4 is 4.74 Å². The molecule has 2 aromatic heterocycles. The molecular formula is C21H18N2O3. The molecule has 3 aromatic rings. The number of carbonyl (C=O) groups is 1. The molecule has 0 aliphatic heterocycles. The van der Waals surface area contributed by atoms with Crippen LogP contribution in [0.2, 0.25) is 0 Å². The lowest BCUT2D eigenvalue weighted by atomic mass is 9.83. The Morgan fingerprint density at radius 3 is 2.96 bits per heavy atom. The number of pyridine rings is 2. The zero-order chi connectivity index (χ0) is 18.1. The smallest absolute Gasteiger partial charge is 0.194 e. The lowest BCUT2D eigenvalue weighted by Gasteiger charge is -2.22. The molecule has 2 heterocycles. The van der Waals surface area contributed by atoms with Crippen molar-refractivity contribution in [2.75, 3.05) is 0 Å². The molecule has 5 nitrogen and oxygen atoms in total. The van der Waals surface area contributed by atoms with E-state index in [-0.39, 0.29) is 11.7 Å². The predicted molar refractivity (Wildman–Crippen MR) is 98.2 cm³/mol. The number of allylic oxidation sites excluding steroid dienone is 1. The van der Waals surface area contributed by atoms with Gasteiger partial charge in [0.05, 0.1) is 29.4 Å². The van der Waals surface area contributed by atoms with E-state index in [0.717, 1.165) is 28.6 Å². The monoisotopic (exact) mass is 346 g/mol. The quantitative estimate of drug-likeness (QED) is 0.573. The van der Waals surface area contributed by atoms with Crippen LogP contribution in [0.5, 0.6) is 5.75 Å². The van der Waals surface area contributed by atoms with Gasteiger partial charge in [0.1, 0.15) is 12.4 Å². The molecule has 1 aliphatic rings. The number of benzene rings is 1. The van der Waals surface area contributed by atoms with Crippen LogP contribution in [0.3, 0.4) is 0 Å². The second kappa shape index (κ2) is 6.59. The van der Waals surface area contributed by atoms with Crippen LogP contribution in [-0.4, -0.2) is 20.9 Å². The standard InChI is InChI=1S/C21H18N2O3/c1-13-8-20-17(21(25)18(13)11-24)9-16(10-22-20)26-12-15-7-6-14-4-2-3-5-19(14)23-15/h2-7,9-11,13,24H,8,12H2,1H3. The van der Waals surface area contributed by atoms with Crippen molar-refractivity contribution in [3.63, 3.8) is 0 Å². The first-order chi connectivity index (χ1) is 12.7. The highest BCUT2D eigenvalue weighted by molar-refractivity contribution is 6.10. The number of para-hydroxylation sites is 1. The molecule has 0 saturated heterocycles. The van der Waals surface area contributed by atoms with Gasteiger partial charge in [-0.3, -0.25) is 9.78 Å². The van der Waals surface area contributed by atoms with E-state index in [1.807, 2.05) is 43.3 Å². The molecule has 0 bridgehead atoms. The van der Waals surface area contributed by atoms with Crippen molar-refractivity contribution in [1.82, 2.24) is 9.97 Å². The second-order valence-electron chi connectivity index (χ2n) is 6.47. The molecule has 1 atom stereocenters. The molecule has 0 fully saturated rings. The normalized spacial score (nSPS) is 18.1. The van der Waals surface area contributed by atoms with E-state index in [1.54, 1.807) is 12.3 Å². The van der Waals surface area contributed by atoms with E-state index in [2.05, 4.69) is 9.97 Å². The number of ketones is 1. The van der Waals surface area contributed by atoms with E-state index in [9.17, 15) is 9.90 Å². The van der Waals surface area contributed by atoms with E-state index in [4.69, 9.17) is 4.74 Å². The number of ether oxygens (including phenoxy) is 1. The molecular weight excluding hydrogens is 328 g/mol. The van der Waals surface area contributed by atoms with E-state index < -0.39 is 0 Å². The van der Waals surface area contributed by atoms with Crippen LogP contribution >= 0.6 is 0 Å². The SMILES string of the molecule is CC1Cc2ncc(OCc3ccc4ccccc4n3)cc2C(=O)C1=CO. The summed E-state index contributed by atoms with van der Waals surface area (Å²) in [4.78, 5) is 21.4. The van der Waals surface area contributed by atoms with Gasteiger partial charge in [-0.25, -0.2) is 4.98 Å². The molecule has 1 aliphatic carbocycles. The summed E-state index contributed by atoms with van der Waals surface area (Å²) < 4.78 is 5.79. The van der Waals surface area contributed by atoms with Crippen molar-refractivity contribution < 1.29 is 14.6 Å². The number of rotatable bonds is 3. The number of aliphatic hydroxyl groups is 1. The predicted octanol–water partition coefficient (Wildman–Crippen LogP) is 4.03. The summed E-state index contributed by atoms with van der Waals surface area (Å²) in [5.41, 5.74) is 3.36. The van der Waals surface area contributed by atoms with Gasteiger partial charge in [0.15, 0.2) is 5.78 Å². The maximum atomic E-state index is 12.5. The zero-order valence-electron chi connectivity index (χ0n) is 14.3. The Balaban J connectivity index is 1.56. The molecule has 26 heavy (non-hydrogen) atoms. The average Bonchev–Trinajstić information content (AvgIpc) is 2.67. The molecule has 5 heteroatoms. The molecule has 0 amide bonds. The first-order valence-corrected chi connectivity index (χ1v) is 8.51. The molecule has 0 saturated carbocycles. The van der Waals surface area contributed by atoms with Gasteiger partial charge >= 0.3 is 0 Å². The molecule has 130 valence electrons. The van der Waals surface area contributed by atoms with Crippen LogP contribution in [0.25, 0.3) is 10.9 Å². The van der Waals surface area contributed by atoms with Crippen LogP contribution in [0.1, 0.15) is 28.7 Å². The van der Waals surface area contributed by atoms with Crippen molar-refractivity contribution >= 4 is 16.7 Å². The lowest BCUT2D eigenvalue weighted by Crippen LogP contribution is -2.22. The Kier molecular flexibility index (Phi) is 4.13. The highest BCUT2D eigenvalue weighted by Gasteiger charge is 2.29. The highest BCUT2D eigenvalue weighted by atomic mass is 16.5. The average molecular weight is 346 g/mol. The maximum absolute atomic E-state index is 12.5. The van der Waals surface area contributed by atoms with E-state index in [1.165, 1.54) is 0 Å². The fourth-order valence-corrected chi connectivity index (χ4v) is 3.22. The van der Waals surface area contributed by atoms with Crippen molar-refractivity contribution in [3.8, 4) is 5.75 Å². The van der Waals surface area contributed by atoms with Crippen LogP contribution in [0.4, 0.5) is 0 Å². The third kappa shape index (κ3) is 2.92. The number of Topliss-reactive ketones (excluding diaryl/α,β-unsaturated/α-hetero) is 1. The molecule has 1 N–H and O–H groups in total. The third-order valence-electron chi connectivity index (χ3n) is 4.66. The summed E-state index contributed by atoms with van der Waals surface area (Å²) in [5.74, 6) is 0.281. The van der Waals surface area contributed by atoms with Crippen molar-refractivity contribution in [3.05, 3.63) is 77.4 Å². The summed E-state index contributed by atoms with van der Waals surface area (Å²) in [5, 5.41) is 10.4. The van der Waals surface area contributed by atoms with Crippen molar-refractivity contribution in [2.24, 2.45) is 5.92 Å². The highest BCUT2D eigenvalue weighted by Crippen LogP contribution is 2.30. The summed E-state index contributed by atoms with van der Waals surface area (Å²) in [6.07, 6.45) is 3.16. The third-order valence-corrected chi connectivity index (χ3v) is 4.66. The van der Waals surface area contributed by atoms with Gasteiger partial charge in [0, 0.05) is 16.5 Å². The number of hydrogen-bond donors (Lipinski definition) is 1. The number of fused-ring (bicyclic) bond motifs is 2. The summed E-state index contributed by atoms with van der Waals surface area (Å²) >= 11 is 0. The number of aliphatic hydroxyl groups excluding tert-OH is 1. The Morgan fingerprint density at radius 2 is 2.12 bits per heavy atom. The lowest BCUT2D eigenvalue weighted by molar-refractivity contribution is 0.101. The van der Waals surface area contributed by atoms with Gasteiger partial charge in [0.25, 0.3) is 0 Å². The minimum absolute atomic E-state index is 0.0407. The molecule has 0 radical (unpaired) electrons. The minimum atomic E-state index is -0.192. The van der Waals surface area contributed by atoms with Crippen molar-refractivity contribution in [2.45, 2.75) is 20.0 Å². The summed E-state index contributed by atoms with van der Waals surface area (Å²) in [6, 6.07) is 13.5.